The molecule has 5 heteroatoms. The summed E-state index contributed by atoms with van der Waals surface area (Å²) in [6.07, 6.45) is 2.79. The monoisotopic (exact) mass is 251 g/mol. The van der Waals surface area contributed by atoms with Crippen LogP contribution in [0.3, 0.4) is 0 Å². The summed E-state index contributed by atoms with van der Waals surface area (Å²) in [5.41, 5.74) is 2.13. The number of aromatic nitrogens is 1. The maximum atomic E-state index is 5.14. The predicted molar refractivity (Wildman–Crippen MR) is 69.2 cm³/mol. The molecule has 0 bridgehead atoms. The van der Waals surface area contributed by atoms with Gasteiger partial charge in [0, 0.05) is 17.4 Å². The van der Waals surface area contributed by atoms with Gasteiger partial charge in [-0.05, 0) is 32.6 Å². The second-order valence-electron chi connectivity index (χ2n) is 4.80. The number of aliphatic imine (C=N–C) groups is 1. The van der Waals surface area contributed by atoms with Crippen LogP contribution in [-0.4, -0.2) is 22.1 Å². The Kier molecular flexibility index (Phi) is 2.86. The smallest absolute Gasteiger partial charge is 0.157 e. The van der Waals surface area contributed by atoms with Gasteiger partial charge in [-0.2, -0.15) is 0 Å². The maximum Gasteiger partial charge on any atom is 0.157 e. The standard InChI is InChI=1S/C12H17N3OS/c1-7-10(8(2)16-15-7)5-13-12-14-6-11(17-12)9-3-4-9/h9,11H,3-6H2,1-2H3,(H,13,14). The molecule has 1 atom stereocenters. The number of nitrogens with one attached hydrogen (secondary N) is 1. The molecule has 0 aromatic carbocycles. The molecule has 92 valence electrons. The summed E-state index contributed by atoms with van der Waals surface area (Å²) in [6, 6.07) is 0. The van der Waals surface area contributed by atoms with Crippen molar-refractivity contribution in [3.05, 3.63) is 17.0 Å². The number of aryl methyl sites for hydroxylation is 2. The lowest BCUT2D eigenvalue weighted by molar-refractivity contribution is 0.392. The molecule has 1 fully saturated rings. The Balaban J connectivity index is 1.55. The fourth-order valence-electron chi connectivity index (χ4n) is 2.12. The Morgan fingerprint density at radius 1 is 1.41 bits per heavy atom. The molecule has 1 saturated carbocycles. The third-order valence-corrected chi connectivity index (χ3v) is 4.76. The van der Waals surface area contributed by atoms with Crippen LogP contribution < -0.4 is 5.32 Å². The van der Waals surface area contributed by atoms with Gasteiger partial charge in [-0.15, -0.1) is 0 Å². The van der Waals surface area contributed by atoms with Gasteiger partial charge in [-0.1, -0.05) is 16.9 Å². The summed E-state index contributed by atoms with van der Waals surface area (Å²) in [5.74, 6) is 1.82. The van der Waals surface area contributed by atoms with E-state index in [1.807, 2.05) is 25.6 Å². The van der Waals surface area contributed by atoms with Gasteiger partial charge in [-0.25, -0.2) is 0 Å². The number of thioether (sulfide) groups is 1. The molecule has 4 nitrogen and oxygen atoms in total. The fourth-order valence-corrected chi connectivity index (χ4v) is 3.32. The van der Waals surface area contributed by atoms with Gasteiger partial charge in [0.05, 0.1) is 12.2 Å². The van der Waals surface area contributed by atoms with Crippen LogP contribution in [0, 0.1) is 19.8 Å². The van der Waals surface area contributed by atoms with Crippen LogP contribution in [0.4, 0.5) is 0 Å². The van der Waals surface area contributed by atoms with E-state index in [0.717, 1.165) is 46.4 Å². The molecule has 3 rings (SSSR count). The number of nitrogens with zero attached hydrogens (tertiary/aromatic N) is 2. The van der Waals surface area contributed by atoms with Gasteiger partial charge in [0.15, 0.2) is 5.17 Å². The normalized spacial score (nSPS) is 23.9. The third-order valence-electron chi connectivity index (χ3n) is 3.42. The second kappa shape index (κ2) is 4.37. The van der Waals surface area contributed by atoms with Crippen molar-refractivity contribution in [1.29, 1.82) is 0 Å². The quantitative estimate of drug-likeness (QED) is 0.895. The summed E-state index contributed by atoms with van der Waals surface area (Å²) in [6.45, 7) is 5.68. The number of hydrogen-bond donors (Lipinski definition) is 1. The Morgan fingerprint density at radius 2 is 2.24 bits per heavy atom. The van der Waals surface area contributed by atoms with Gasteiger partial charge < -0.3 is 9.84 Å². The Morgan fingerprint density at radius 3 is 2.88 bits per heavy atom. The lowest BCUT2D eigenvalue weighted by Crippen LogP contribution is -2.19. The highest BCUT2D eigenvalue weighted by atomic mass is 32.2. The molecule has 2 heterocycles. The zero-order valence-corrected chi connectivity index (χ0v) is 11.0. The highest BCUT2D eigenvalue weighted by molar-refractivity contribution is 8.14. The zero-order chi connectivity index (χ0) is 11.8. The molecular weight excluding hydrogens is 234 g/mol. The Labute approximate surface area is 105 Å². The first-order valence-corrected chi connectivity index (χ1v) is 6.98. The first kappa shape index (κ1) is 11.1. The van der Waals surface area contributed by atoms with E-state index in [0.29, 0.717) is 0 Å². The van der Waals surface area contributed by atoms with Crippen LogP contribution in [0.2, 0.25) is 0 Å². The van der Waals surface area contributed by atoms with Crippen molar-refractivity contribution in [3.63, 3.8) is 0 Å². The first-order chi connectivity index (χ1) is 8.24. The Bertz CT molecular complexity index is 431. The SMILES string of the molecule is Cc1noc(C)c1CNC1=NCC(C2CC2)S1. The van der Waals surface area contributed by atoms with Gasteiger partial charge in [0.2, 0.25) is 0 Å². The largest absolute Gasteiger partial charge is 0.361 e. The third kappa shape index (κ3) is 2.34. The lowest BCUT2D eigenvalue weighted by Gasteiger charge is -2.07. The van der Waals surface area contributed by atoms with Crippen molar-refractivity contribution < 1.29 is 4.52 Å². The van der Waals surface area contributed by atoms with E-state index in [-0.39, 0.29) is 0 Å². The Hall–Kier alpha value is -0.970. The molecule has 1 aromatic heterocycles. The average molecular weight is 251 g/mol. The average Bonchev–Trinajstić information content (AvgIpc) is 2.98. The fraction of sp³-hybridized carbons (Fsp3) is 0.667. The highest BCUT2D eigenvalue weighted by Gasteiger charge is 2.35. The second-order valence-corrected chi connectivity index (χ2v) is 6.02. The van der Waals surface area contributed by atoms with E-state index in [1.165, 1.54) is 12.8 Å². The first-order valence-electron chi connectivity index (χ1n) is 6.11. The van der Waals surface area contributed by atoms with Crippen LogP contribution in [0.5, 0.6) is 0 Å². The lowest BCUT2D eigenvalue weighted by atomic mass is 10.2. The van der Waals surface area contributed by atoms with Gasteiger partial charge in [0.1, 0.15) is 5.76 Å². The number of rotatable bonds is 3. The van der Waals surface area contributed by atoms with E-state index in [2.05, 4.69) is 15.5 Å². The van der Waals surface area contributed by atoms with Crippen molar-refractivity contribution in [1.82, 2.24) is 10.5 Å². The van der Waals surface area contributed by atoms with Crippen molar-refractivity contribution in [2.24, 2.45) is 10.9 Å². The van der Waals surface area contributed by atoms with E-state index in [1.54, 1.807) is 0 Å². The molecule has 0 saturated heterocycles. The van der Waals surface area contributed by atoms with E-state index in [4.69, 9.17) is 4.52 Å². The van der Waals surface area contributed by atoms with E-state index < -0.39 is 0 Å². The molecule has 1 aliphatic heterocycles. The minimum absolute atomic E-state index is 0.724. The molecule has 2 aliphatic rings. The predicted octanol–water partition coefficient (Wildman–Crippen LogP) is 2.26. The van der Waals surface area contributed by atoms with Crippen molar-refractivity contribution >= 4 is 16.9 Å². The highest BCUT2D eigenvalue weighted by Crippen LogP contribution is 2.41. The summed E-state index contributed by atoms with van der Waals surface area (Å²) < 4.78 is 5.14. The molecule has 17 heavy (non-hydrogen) atoms. The van der Waals surface area contributed by atoms with Gasteiger partial charge >= 0.3 is 0 Å². The summed E-state index contributed by atoms with van der Waals surface area (Å²) in [7, 11) is 0. The van der Waals surface area contributed by atoms with Gasteiger partial charge in [-0.3, -0.25) is 4.99 Å². The number of amidine groups is 1. The summed E-state index contributed by atoms with van der Waals surface area (Å²) in [5, 5.41) is 9.15. The van der Waals surface area contributed by atoms with Crippen LogP contribution in [0.25, 0.3) is 0 Å². The topological polar surface area (TPSA) is 50.4 Å². The van der Waals surface area contributed by atoms with Crippen molar-refractivity contribution in [2.45, 2.75) is 38.5 Å². The van der Waals surface area contributed by atoms with E-state index >= 15 is 0 Å². The van der Waals surface area contributed by atoms with Crippen LogP contribution >= 0.6 is 11.8 Å². The molecule has 1 N–H and O–H groups in total. The van der Waals surface area contributed by atoms with Gasteiger partial charge in [0.25, 0.3) is 0 Å². The molecule has 0 amide bonds. The molecular formula is C12H17N3OS. The van der Waals surface area contributed by atoms with Crippen LogP contribution in [0.1, 0.15) is 29.9 Å². The molecule has 0 radical (unpaired) electrons. The molecule has 1 unspecified atom stereocenters. The number of hydrogen-bond acceptors (Lipinski definition) is 5. The van der Waals surface area contributed by atoms with E-state index in [9.17, 15) is 0 Å². The molecule has 1 aromatic rings. The van der Waals surface area contributed by atoms with Crippen LogP contribution in [-0.2, 0) is 6.54 Å². The molecule has 0 spiro atoms. The zero-order valence-electron chi connectivity index (χ0n) is 10.2. The molecule has 1 aliphatic carbocycles. The maximum absolute atomic E-state index is 5.14. The summed E-state index contributed by atoms with van der Waals surface area (Å²) >= 11 is 1.90. The van der Waals surface area contributed by atoms with Crippen LogP contribution in [0.15, 0.2) is 9.52 Å². The minimum atomic E-state index is 0.724. The summed E-state index contributed by atoms with van der Waals surface area (Å²) in [4.78, 5) is 4.55. The van der Waals surface area contributed by atoms with Crippen molar-refractivity contribution in [3.8, 4) is 0 Å². The minimum Gasteiger partial charge on any atom is -0.361 e. The van der Waals surface area contributed by atoms with Crippen molar-refractivity contribution in [2.75, 3.05) is 6.54 Å².